The number of hydrogen-bond acceptors (Lipinski definition) is 2. The predicted molar refractivity (Wildman–Crippen MR) is 111 cm³/mol. The lowest BCUT2D eigenvalue weighted by Crippen LogP contribution is -2.12. The number of unbranched alkanes of at least 4 members (excludes halogenated alkanes) is 15. The van der Waals surface area contributed by atoms with Crippen molar-refractivity contribution in [2.24, 2.45) is 0 Å². The topological polar surface area (TPSA) is 6.48 Å². The Morgan fingerprint density at radius 1 is 0.292 bits per heavy atom. The normalized spacial score (nSPS) is 11.8. The molecule has 0 aliphatic carbocycles. The van der Waals surface area contributed by atoms with Gasteiger partial charge in [0.2, 0.25) is 0 Å². The first-order chi connectivity index (χ1) is 11.6. The summed E-state index contributed by atoms with van der Waals surface area (Å²) in [5, 5.41) is 0. The zero-order valence-electron chi connectivity index (χ0n) is 17.6. The fraction of sp³-hybridized carbons (Fsp3) is 1.00. The van der Waals surface area contributed by atoms with E-state index in [2.05, 4.69) is 38.0 Å². The highest BCUT2D eigenvalue weighted by Crippen LogP contribution is 2.13. The average Bonchev–Trinajstić information content (AvgIpc) is 2.53. The van der Waals surface area contributed by atoms with Crippen LogP contribution < -0.4 is 0 Å². The quantitative estimate of drug-likeness (QED) is 0.253. The van der Waals surface area contributed by atoms with Crippen molar-refractivity contribution in [2.45, 2.75) is 103 Å². The third-order valence-electron chi connectivity index (χ3n) is 4.96. The highest BCUT2D eigenvalue weighted by atomic mass is 15.0. The van der Waals surface area contributed by atoms with Crippen LogP contribution in [0.2, 0.25) is 0 Å². The molecular formula is C22H48N2. The van der Waals surface area contributed by atoms with Gasteiger partial charge in [0, 0.05) is 0 Å². The monoisotopic (exact) mass is 340 g/mol. The zero-order chi connectivity index (χ0) is 17.9. The highest BCUT2D eigenvalue weighted by molar-refractivity contribution is 4.51. The number of rotatable bonds is 19. The zero-order valence-corrected chi connectivity index (χ0v) is 17.6. The standard InChI is InChI=1S/C22H48N2/c1-23(2)21-19-17-15-13-11-9-7-5-6-8-10-12-14-16-18-20-22-24(3)4/h5-22H2,1-4H3. The molecule has 0 aliphatic heterocycles. The minimum absolute atomic E-state index is 1.26. The molecule has 0 aromatic carbocycles. The van der Waals surface area contributed by atoms with E-state index in [-0.39, 0.29) is 0 Å². The van der Waals surface area contributed by atoms with E-state index >= 15 is 0 Å². The van der Waals surface area contributed by atoms with Crippen LogP contribution in [0.25, 0.3) is 0 Å². The van der Waals surface area contributed by atoms with E-state index in [0.29, 0.717) is 0 Å². The summed E-state index contributed by atoms with van der Waals surface area (Å²) in [7, 11) is 8.69. The molecule has 0 saturated heterocycles. The Morgan fingerprint density at radius 3 is 0.625 bits per heavy atom. The van der Waals surface area contributed by atoms with E-state index < -0.39 is 0 Å². The van der Waals surface area contributed by atoms with Crippen molar-refractivity contribution in [2.75, 3.05) is 41.3 Å². The number of nitrogens with zero attached hydrogens (tertiary/aromatic N) is 2. The fourth-order valence-electron chi connectivity index (χ4n) is 3.33. The lowest BCUT2D eigenvalue weighted by atomic mass is 10.0. The van der Waals surface area contributed by atoms with Crippen molar-refractivity contribution >= 4 is 0 Å². The summed E-state index contributed by atoms with van der Waals surface area (Å²) in [6.07, 6.45) is 23.2. The number of hydrogen-bond donors (Lipinski definition) is 0. The van der Waals surface area contributed by atoms with Gasteiger partial charge >= 0.3 is 0 Å². The summed E-state index contributed by atoms with van der Waals surface area (Å²) in [5.41, 5.74) is 0. The molecular weight excluding hydrogens is 292 g/mol. The van der Waals surface area contributed by atoms with E-state index in [1.54, 1.807) is 0 Å². The van der Waals surface area contributed by atoms with Crippen molar-refractivity contribution < 1.29 is 0 Å². The molecule has 0 bridgehead atoms. The molecule has 0 rings (SSSR count). The molecule has 0 aliphatic rings. The Hall–Kier alpha value is -0.0800. The lowest BCUT2D eigenvalue weighted by Gasteiger charge is -2.08. The second kappa shape index (κ2) is 19.2. The Kier molecular flexibility index (Phi) is 19.2. The Balaban J connectivity index is 2.98. The van der Waals surface area contributed by atoms with Crippen LogP contribution >= 0.6 is 0 Å². The molecule has 0 aromatic heterocycles. The Morgan fingerprint density at radius 2 is 0.458 bits per heavy atom. The van der Waals surface area contributed by atoms with Gasteiger partial charge in [-0.05, 0) is 54.1 Å². The van der Waals surface area contributed by atoms with E-state index in [9.17, 15) is 0 Å². The van der Waals surface area contributed by atoms with Crippen molar-refractivity contribution in [1.82, 2.24) is 9.80 Å². The molecule has 0 saturated carbocycles. The molecule has 0 spiro atoms. The van der Waals surface area contributed by atoms with Gasteiger partial charge in [-0.3, -0.25) is 0 Å². The summed E-state index contributed by atoms with van der Waals surface area (Å²) < 4.78 is 0. The maximum atomic E-state index is 2.30. The highest BCUT2D eigenvalue weighted by Gasteiger charge is 1.96. The maximum absolute atomic E-state index is 2.30. The second-order valence-electron chi connectivity index (χ2n) is 8.26. The summed E-state index contributed by atoms with van der Waals surface area (Å²) in [4.78, 5) is 4.59. The van der Waals surface area contributed by atoms with E-state index in [1.807, 2.05) is 0 Å². The molecule has 0 unspecified atom stereocenters. The summed E-state index contributed by atoms with van der Waals surface area (Å²) in [6, 6.07) is 0. The van der Waals surface area contributed by atoms with Crippen LogP contribution in [0.3, 0.4) is 0 Å². The van der Waals surface area contributed by atoms with Crippen LogP contribution in [-0.4, -0.2) is 51.1 Å². The molecule has 0 radical (unpaired) electrons. The largest absolute Gasteiger partial charge is 0.309 e. The van der Waals surface area contributed by atoms with Crippen molar-refractivity contribution in [3.8, 4) is 0 Å². The predicted octanol–water partition coefficient (Wildman–Crippen LogP) is 6.35. The summed E-state index contributed by atoms with van der Waals surface area (Å²) in [5.74, 6) is 0. The van der Waals surface area contributed by atoms with Gasteiger partial charge in [-0.15, -0.1) is 0 Å². The summed E-state index contributed by atoms with van der Waals surface area (Å²) in [6.45, 7) is 2.52. The van der Waals surface area contributed by atoms with Crippen molar-refractivity contribution in [3.63, 3.8) is 0 Å². The molecule has 2 nitrogen and oxygen atoms in total. The van der Waals surface area contributed by atoms with Crippen molar-refractivity contribution in [1.29, 1.82) is 0 Å². The first kappa shape index (κ1) is 23.9. The fourth-order valence-corrected chi connectivity index (χ4v) is 3.33. The van der Waals surface area contributed by atoms with Crippen LogP contribution in [0.5, 0.6) is 0 Å². The first-order valence-electron chi connectivity index (χ1n) is 10.9. The van der Waals surface area contributed by atoms with Gasteiger partial charge < -0.3 is 9.80 Å². The van der Waals surface area contributed by atoms with Gasteiger partial charge in [0.05, 0.1) is 0 Å². The molecule has 2 heteroatoms. The molecule has 146 valence electrons. The molecule has 0 heterocycles. The van der Waals surface area contributed by atoms with E-state index in [1.165, 1.54) is 116 Å². The van der Waals surface area contributed by atoms with Crippen LogP contribution in [-0.2, 0) is 0 Å². The van der Waals surface area contributed by atoms with E-state index in [4.69, 9.17) is 0 Å². The van der Waals surface area contributed by atoms with Crippen LogP contribution in [0.1, 0.15) is 103 Å². The summed E-state index contributed by atoms with van der Waals surface area (Å²) >= 11 is 0. The van der Waals surface area contributed by atoms with Crippen LogP contribution in [0.4, 0.5) is 0 Å². The lowest BCUT2D eigenvalue weighted by molar-refractivity contribution is 0.388. The van der Waals surface area contributed by atoms with Crippen LogP contribution in [0, 0.1) is 0 Å². The molecule has 0 fully saturated rings. The van der Waals surface area contributed by atoms with Gasteiger partial charge in [0.1, 0.15) is 0 Å². The average molecular weight is 341 g/mol. The van der Waals surface area contributed by atoms with Gasteiger partial charge in [0.25, 0.3) is 0 Å². The smallest absolute Gasteiger partial charge is 0.00248 e. The first-order valence-corrected chi connectivity index (χ1v) is 10.9. The maximum Gasteiger partial charge on any atom is -0.00248 e. The molecule has 0 atom stereocenters. The van der Waals surface area contributed by atoms with Crippen molar-refractivity contribution in [3.05, 3.63) is 0 Å². The minimum Gasteiger partial charge on any atom is -0.309 e. The van der Waals surface area contributed by atoms with Gasteiger partial charge in [-0.2, -0.15) is 0 Å². The van der Waals surface area contributed by atoms with Gasteiger partial charge in [-0.25, -0.2) is 0 Å². The molecule has 0 amide bonds. The molecule has 0 N–H and O–H groups in total. The minimum atomic E-state index is 1.26. The van der Waals surface area contributed by atoms with E-state index in [0.717, 1.165) is 0 Å². The van der Waals surface area contributed by atoms with Crippen LogP contribution in [0.15, 0.2) is 0 Å². The SMILES string of the molecule is CN(C)CCCCCCCCCCCCCCCCCCN(C)C. The molecule has 0 aromatic rings. The molecule has 24 heavy (non-hydrogen) atoms. The second-order valence-corrected chi connectivity index (χ2v) is 8.26. The third kappa shape index (κ3) is 21.9. The Labute approximate surface area is 154 Å². The van der Waals surface area contributed by atoms with Gasteiger partial charge in [0.15, 0.2) is 0 Å². The third-order valence-corrected chi connectivity index (χ3v) is 4.96. The Bertz CT molecular complexity index is 202. The van der Waals surface area contributed by atoms with Gasteiger partial charge in [-0.1, -0.05) is 89.9 Å².